The Bertz CT molecular complexity index is 417. The maximum atomic E-state index is 11.1. The molecule has 1 aromatic heterocycles. The monoisotopic (exact) mass is 258 g/mol. The summed E-state index contributed by atoms with van der Waals surface area (Å²) in [4.78, 5) is 25.3. The van der Waals surface area contributed by atoms with Crippen molar-refractivity contribution < 1.29 is 24.2 Å². The van der Waals surface area contributed by atoms with Crippen LogP contribution in [0, 0.1) is 0 Å². The minimum Gasteiger partial charge on any atom is -0.449 e. The first-order valence-corrected chi connectivity index (χ1v) is 5.36. The van der Waals surface area contributed by atoms with Gasteiger partial charge in [-0.05, 0) is 0 Å². The van der Waals surface area contributed by atoms with Crippen LogP contribution in [0.5, 0.6) is 5.06 Å². The van der Waals surface area contributed by atoms with Crippen molar-refractivity contribution in [3.8, 4) is 5.06 Å². The molecule has 8 heteroatoms. The van der Waals surface area contributed by atoms with E-state index in [2.05, 4.69) is 26.4 Å². The Morgan fingerprint density at radius 3 is 3.06 bits per heavy atom. The number of nitrogens with zero attached hydrogens (tertiary/aromatic N) is 1. The van der Waals surface area contributed by atoms with Gasteiger partial charge in [-0.15, -0.1) is 0 Å². The molecule has 17 heavy (non-hydrogen) atoms. The number of carboxylic acid groups (broad SMARTS) is 1. The molecule has 1 heterocycles. The lowest BCUT2D eigenvalue weighted by Crippen LogP contribution is -2.24. The molecule has 0 radical (unpaired) electrons. The largest absolute Gasteiger partial charge is 0.512 e. The molecule has 0 atom stereocenters. The van der Waals surface area contributed by atoms with E-state index in [9.17, 15) is 9.59 Å². The molecule has 0 aliphatic carbocycles. The first-order valence-electron chi connectivity index (χ1n) is 4.48. The SMILES string of the molecule is C=CCOC(=O)NCc1ncsc1OC(=O)O. The van der Waals surface area contributed by atoms with Crippen LogP contribution in [0.3, 0.4) is 0 Å². The Kier molecular flexibility index (Phi) is 4.95. The molecule has 1 aromatic rings. The van der Waals surface area contributed by atoms with Crippen LogP contribution in [0.4, 0.5) is 9.59 Å². The van der Waals surface area contributed by atoms with E-state index in [-0.39, 0.29) is 18.2 Å². The second-order valence-corrected chi connectivity index (χ2v) is 3.51. The molecule has 1 rings (SSSR count). The quantitative estimate of drug-likeness (QED) is 0.615. The summed E-state index contributed by atoms with van der Waals surface area (Å²) in [6.45, 7) is 3.52. The topological polar surface area (TPSA) is 97.8 Å². The lowest BCUT2D eigenvalue weighted by molar-refractivity contribution is 0.145. The standard InChI is InChI=1S/C9H10N2O5S/c1-2-3-15-8(12)10-4-6-7(16-9(13)14)17-5-11-6/h2,5H,1,3-4H2,(H,10,12)(H,13,14). The van der Waals surface area contributed by atoms with E-state index in [1.165, 1.54) is 11.6 Å². The normalized spacial score (nSPS) is 9.41. The lowest BCUT2D eigenvalue weighted by atomic mass is 10.5. The molecule has 0 spiro atoms. The Labute approximate surface area is 101 Å². The van der Waals surface area contributed by atoms with Gasteiger partial charge in [0.1, 0.15) is 12.3 Å². The predicted octanol–water partition coefficient (Wildman–Crippen LogP) is 1.61. The fraction of sp³-hybridized carbons (Fsp3) is 0.222. The van der Waals surface area contributed by atoms with Gasteiger partial charge < -0.3 is 19.9 Å². The van der Waals surface area contributed by atoms with Crippen molar-refractivity contribution in [2.75, 3.05) is 6.61 Å². The van der Waals surface area contributed by atoms with Crippen LogP contribution >= 0.6 is 11.3 Å². The number of nitrogens with one attached hydrogen (secondary N) is 1. The Balaban J connectivity index is 2.46. The van der Waals surface area contributed by atoms with Gasteiger partial charge in [0, 0.05) is 0 Å². The fourth-order valence-corrected chi connectivity index (χ4v) is 1.54. The van der Waals surface area contributed by atoms with Gasteiger partial charge in [0.25, 0.3) is 0 Å². The molecule has 0 fully saturated rings. The van der Waals surface area contributed by atoms with Gasteiger partial charge >= 0.3 is 12.2 Å². The van der Waals surface area contributed by atoms with E-state index in [0.29, 0.717) is 5.69 Å². The fourth-order valence-electron chi connectivity index (χ4n) is 0.880. The summed E-state index contributed by atoms with van der Waals surface area (Å²) in [6.07, 6.45) is -0.634. The Hall–Kier alpha value is -2.09. The summed E-state index contributed by atoms with van der Waals surface area (Å²) in [5.41, 5.74) is 1.75. The Morgan fingerprint density at radius 2 is 2.41 bits per heavy atom. The van der Waals surface area contributed by atoms with Crippen molar-refractivity contribution >= 4 is 23.6 Å². The van der Waals surface area contributed by atoms with E-state index in [4.69, 9.17) is 5.11 Å². The molecule has 0 saturated heterocycles. The molecule has 0 aromatic carbocycles. The van der Waals surface area contributed by atoms with Crippen LogP contribution in [0.25, 0.3) is 0 Å². The number of amides is 1. The van der Waals surface area contributed by atoms with Crippen LogP contribution < -0.4 is 10.1 Å². The van der Waals surface area contributed by atoms with Gasteiger partial charge in [-0.25, -0.2) is 14.6 Å². The highest BCUT2D eigenvalue weighted by atomic mass is 32.1. The number of carbonyl (C=O) groups is 2. The third-order valence-corrected chi connectivity index (χ3v) is 2.26. The van der Waals surface area contributed by atoms with Crippen LogP contribution in [-0.2, 0) is 11.3 Å². The number of aromatic nitrogens is 1. The Morgan fingerprint density at radius 1 is 1.65 bits per heavy atom. The highest BCUT2D eigenvalue weighted by molar-refractivity contribution is 7.11. The van der Waals surface area contributed by atoms with Gasteiger partial charge in [-0.2, -0.15) is 0 Å². The minimum atomic E-state index is -1.43. The third kappa shape index (κ3) is 4.51. The van der Waals surface area contributed by atoms with Gasteiger partial charge in [0.05, 0.1) is 12.1 Å². The van der Waals surface area contributed by atoms with Crippen molar-refractivity contribution in [1.29, 1.82) is 0 Å². The van der Waals surface area contributed by atoms with Crippen molar-refractivity contribution in [3.05, 3.63) is 23.9 Å². The summed E-state index contributed by atoms with van der Waals surface area (Å²) >= 11 is 1.02. The summed E-state index contributed by atoms with van der Waals surface area (Å²) in [7, 11) is 0. The molecule has 2 N–H and O–H groups in total. The molecular formula is C9H10N2O5S. The van der Waals surface area contributed by atoms with Gasteiger partial charge in [-0.1, -0.05) is 24.0 Å². The number of carbonyl (C=O) groups excluding carboxylic acids is 1. The number of thiazole rings is 1. The number of hydrogen-bond acceptors (Lipinski definition) is 6. The van der Waals surface area contributed by atoms with Crippen LogP contribution in [-0.4, -0.2) is 28.9 Å². The minimum absolute atomic E-state index is 0.0299. The summed E-state index contributed by atoms with van der Waals surface area (Å²) < 4.78 is 9.12. The molecule has 1 amide bonds. The van der Waals surface area contributed by atoms with E-state index >= 15 is 0 Å². The summed E-state index contributed by atoms with van der Waals surface area (Å²) in [5, 5.41) is 11.0. The first-order chi connectivity index (χ1) is 8.13. The predicted molar refractivity (Wildman–Crippen MR) is 59.2 cm³/mol. The van der Waals surface area contributed by atoms with E-state index in [1.807, 2.05) is 0 Å². The first kappa shape index (κ1) is 13.0. The molecule has 0 aliphatic heterocycles. The highest BCUT2D eigenvalue weighted by Crippen LogP contribution is 2.23. The van der Waals surface area contributed by atoms with Crippen molar-refractivity contribution in [1.82, 2.24) is 10.3 Å². The zero-order valence-corrected chi connectivity index (χ0v) is 9.53. The van der Waals surface area contributed by atoms with Crippen molar-refractivity contribution in [2.24, 2.45) is 0 Å². The molecule has 7 nitrogen and oxygen atoms in total. The maximum Gasteiger partial charge on any atom is 0.512 e. The zero-order chi connectivity index (χ0) is 12.7. The molecular weight excluding hydrogens is 248 g/mol. The third-order valence-electron chi connectivity index (χ3n) is 1.52. The number of rotatable bonds is 5. The van der Waals surface area contributed by atoms with E-state index in [0.717, 1.165) is 11.3 Å². The second kappa shape index (κ2) is 6.48. The van der Waals surface area contributed by atoms with Crippen molar-refractivity contribution in [2.45, 2.75) is 6.54 Å². The van der Waals surface area contributed by atoms with E-state index in [1.54, 1.807) is 0 Å². The van der Waals surface area contributed by atoms with E-state index < -0.39 is 12.2 Å². The van der Waals surface area contributed by atoms with Crippen LogP contribution in [0.2, 0.25) is 0 Å². The summed E-state index contributed by atoms with van der Waals surface area (Å²) in [5.74, 6) is 0. The smallest absolute Gasteiger partial charge is 0.449 e. The van der Waals surface area contributed by atoms with Gasteiger partial charge in [0.2, 0.25) is 5.06 Å². The summed E-state index contributed by atoms with van der Waals surface area (Å²) in [6, 6.07) is 0. The molecule has 92 valence electrons. The lowest BCUT2D eigenvalue weighted by Gasteiger charge is -2.04. The molecule has 0 unspecified atom stereocenters. The zero-order valence-electron chi connectivity index (χ0n) is 8.71. The molecule has 0 aliphatic rings. The van der Waals surface area contributed by atoms with Gasteiger partial charge in [0.15, 0.2) is 0 Å². The molecule has 0 bridgehead atoms. The number of alkyl carbamates (subject to hydrolysis) is 1. The number of ether oxygens (including phenoxy) is 2. The van der Waals surface area contributed by atoms with Crippen molar-refractivity contribution in [3.63, 3.8) is 0 Å². The number of hydrogen-bond donors (Lipinski definition) is 2. The average molecular weight is 258 g/mol. The maximum absolute atomic E-state index is 11.1. The van der Waals surface area contributed by atoms with Crippen LogP contribution in [0.1, 0.15) is 5.69 Å². The van der Waals surface area contributed by atoms with Crippen LogP contribution in [0.15, 0.2) is 18.2 Å². The molecule has 0 saturated carbocycles. The highest BCUT2D eigenvalue weighted by Gasteiger charge is 2.12. The second-order valence-electron chi connectivity index (χ2n) is 2.70. The average Bonchev–Trinajstić information content (AvgIpc) is 2.70. The van der Waals surface area contributed by atoms with Gasteiger partial charge in [-0.3, -0.25) is 0 Å².